The SMILES string of the molecule is CCOC(=O)[C@]1(CCCc2ccccc2)CCCN(C(=O)c2ccc(COC)s2)C1. The summed E-state index contributed by atoms with van der Waals surface area (Å²) in [5.41, 5.74) is 0.648. The van der Waals surface area contributed by atoms with Crippen LogP contribution in [0.4, 0.5) is 0 Å². The number of hydrogen-bond acceptors (Lipinski definition) is 5. The van der Waals surface area contributed by atoms with Crippen LogP contribution in [0, 0.1) is 5.41 Å². The van der Waals surface area contributed by atoms with E-state index in [-0.39, 0.29) is 11.9 Å². The van der Waals surface area contributed by atoms with Gasteiger partial charge in [0.15, 0.2) is 0 Å². The van der Waals surface area contributed by atoms with Crippen LogP contribution in [0.3, 0.4) is 0 Å². The van der Waals surface area contributed by atoms with Crippen molar-refractivity contribution >= 4 is 23.2 Å². The molecule has 30 heavy (non-hydrogen) atoms. The van der Waals surface area contributed by atoms with Gasteiger partial charge in [-0.15, -0.1) is 11.3 Å². The van der Waals surface area contributed by atoms with Gasteiger partial charge in [0, 0.05) is 25.1 Å². The lowest BCUT2D eigenvalue weighted by Crippen LogP contribution is -2.50. The maximum absolute atomic E-state index is 13.1. The number of hydrogen-bond donors (Lipinski definition) is 0. The van der Waals surface area contributed by atoms with Gasteiger partial charge in [-0.1, -0.05) is 30.3 Å². The Morgan fingerprint density at radius 1 is 1.17 bits per heavy atom. The maximum Gasteiger partial charge on any atom is 0.313 e. The van der Waals surface area contributed by atoms with Crippen molar-refractivity contribution < 1.29 is 19.1 Å². The van der Waals surface area contributed by atoms with Crippen molar-refractivity contribution in [2.75, 3.05) is 26.8 Å². The monoisotopic (exact) mass is 429 g/mol. The van der Waals surface area contributed by atoms with Gasteiger partial charge in [-0.25, -0.2) is 0 Å². The number of aryl methyl sites for hydroxylation is 1. The predicted octanol–water partition coefficient (Wildman–Crippen LogP) is 4.70. The minimum absolute atomic E-state index is 0.00112. The fourth-order valence-electron chi connectivity index (χ4n) is 4.21. The minimum atomic E-state index is -0.620. The number of nitrogens with zero attached hydrogens (tertiary/aromatic N) is 1. The van der Waals surface area contributed by atoms with Crippen molar-refractivity contribution in [1.29, 1.82) is 0 Å². The molecule has 1 aromatic heterocycles. The molecule has 0 N–H and O–H groups in total. The second-order valence-electron chi connectivity index (χ2n) is 7.87. The zero-order valence-electron chi connectivity index (χ0n) is 17.9. The second-order valence-corrected chi connectivity index (χ2v) is 9.04. The molecule has 0 saturated carbocycles. The van der Waals surface area contributed by atoms with E-state index >= 15 is 0 Å². The standard InChI is InChI=1S/C24H31NO4S/c1-3-29-23(27)24(14-7-11-19-9-5-4-6-10-19)15-8-16-25(18-24)22(26)21-13-12-20(30-21)17-28-2/h4-6,9-10,12-13H,3,7-8,11,14-18H2,1-2H3/t24-/m1/s1. The zero-order valence-corrected chi connectivity index (χ0v) is 18.7. The summed E-state index contributed by atoms with van der Waals surface area (Å²) in [7, 11) is 1.65. The fraction of sp³-hybridized carbons (Fsp3) is 0.500. The van der Waals surface area contributed by atoms with Gasteiger partial charge in [-0.3, -0.25) is 9.59 Å². The van der Waals surface area contributed by atoms with Gasteiger partial charge in [0.05, 0.1) is 23.5 Å². The summed E-state index contributed by atoms with van der Waals surface area (Å²) in [6.45, 7) is 3.81. The summed E-state index contributed by atoms with van der Waals surface area (Å²) in [6.07, 6.45) is 4.11. The normalized spacial score (nSPS) is 18.9. The van der Waals surface area contributed by atoms with Crippen molar-refractivity contribution in [3.63, 3.8) is 0 Å². The van der Waals surface area contributed by atoms with Crippen LogP contribution < -0.4 is 0 Å². The molecule has 1 amide bonds. The van der Waals surface area contributed by atoms with Gasteiger partial charge in [-0.2, -0.15) is 0 Å². The van der Waals surface area contributed by atoms with Crippen LogP contribution in [-0.4, -0.2) is 43.6 Å². The van der Waals surface area contributed by atoms with Crippen molar-refractivity contribution in [3.05, 3.63) is 57.8 Å². The molecule has 2 heterocycles. The van der Waals surface area contributed by atoms with Crippen molar-refractivity contribution in [3.8, 4) is 0 Å². The molecular formula is C24H31NO4S. The molecule has 1 atom stereocenters. The maximum atomic E-state index is 13.1. The number of benzene rings is 1. The number of amides is 1. The Morgan fingerprint density at radius 2 is 1.97 bits per heavy atom. The molecule has 1 fully saturated rings. The Labute approximate surface area is 183 Å². The molecule has 6 heteroatoms. The van der Waals surface area contributed by atoms with Crippen molar-refractivity contribution in [2.45, 2.75) is 45.6 Å². The molecule has 0 radical (unpaired) electrons. The molecule has 1 aromatic carbocycles. The molecule has 5 nitrogen and oxygen atoms in total. The van der Waals surface area contributed by atoms with Crippen molar-refractivity contribution in [1.82, 2.24) is 4.90 Å². The van der Waals surface area contributed by atoms with Crippen LogP contribution in [-0.2, 0) is 27.3 Å². The highest BCUT2D eigenvalue weighted by molar-refractivity contribution is 7.14. The van der Waals surface area contributed by atoms with E-state index in [1.54, 1.807) is 7.11 Å². The summed E-state index contributed by atoms with van der Waals surface area (Å²) < 4.78 is 10.6. The summed E-state index contributed by atoms with van der Waals surface area (Å²) in [4.78, 5) is 29.7. The lowest BCUT2D eigenvalue weighted by molar-refractivity contribution is -0.159. The lowest BCUT2D eigenvalue weighted by atomic mass is 9.75. The zero-order chi connectivity index (χ0) is 21.4. The van der Waals surface area contributed by atoms with Gasteiger partial charge in [0.25, 0.3) is 5.91 Å². The largest absolute Gasteiger partial charge is 0.466 e. The van der Waals surface area contributed by atoms with Crippen LogP contribution in [0.25, 0.3) is 0 Å². The first-order valence-electron chi connectivity index (χ1n) is 10.7. The number of ether oxygens (including phenoxy) is 2. The van der Waals surface area contributed by atoms with Gasteiger partial charge < -0.3 is 14.4 Å². The van der Waals surface area contributed by atoms with Crippen LogP contribution in [0.1, 0.15) is 52.7 Å². The summed E-state index contributed by atoms with van der Waals surface area (Å²) in [5.74, 6) is -0.166. The van der Waals surface area contributed by atoms with E-state index in [9.17, 15) is 9.59 Å². The van der Waals surface area contributed by atoms with E-state index in [4.69, 9.17) is 9.47 Å². The average Bonchev–Trinajstić information content (AvgIpc) is 3.23. The first-order chi connectivity index (χ1) is 14.6. The quantitative estimate of drug-likeness (QED) is 0.542. The molecule has 0 bridgehead atoms. The highest BCUT2D eigenvalue weighted by Gasteiger charge is 2.44. The Hall–Kier alpha value is -2.18. The Balaban J connectivity index is 1.71. The molecule has 3 rings (SSSR count). The molecule has 1 aliphatic heterocycles. The molecule has 0 spiro atoms. The number of likely N-dealkylation sites (tertiary alicyclic amines) is 1. The first kappa shape index (κ1) is 22.5. The predicted molar refractivity (Wildman–Crippen MR) is 119 cm³/mol. The van der Waals surface area contributed by atoms with E-state index in [2.05, 4.69) is 12.1 Å². The van der Waals surface area contributed by atoms with Crippen LogP contribution in [0.5, 0.6) is 0 Å². The minimum Gasteiger partial charge on any atom is -0.466 e. The summed E-state index contributed by atoms with van der Waals surface area (Å²) in [5, 5.41) is 0. The van der Waals surface area contributed by atoms with E-state index in [0.29, 0.717) is 31.2 Å². The molecular weight excluding hydrogens is 398 g/mol. The van der Waals surface area contributed by atoms with E-state index in [0.717, 1.165) is 37.0 Å². The average molecular weight is 430 g/mol. The summed E-state index contributed by atoms with van der Waals surface area (Å²) >= 11 is 1.46. The number of thiophene rings is 1. The highest BCUT2D eigenvalue weighted by atomic mass is 32.1. The molecule has 2 aromatic rings. The Kier molecular flexibility index (Phi) is 8.05. The van der Waals surface area contributed by atoms with E-state index in [1.165, 1.54) is 16.9 Å². The van der Waals surface area contributed by atoms with E-state index < -0.39 is 5.41 Å². The van der Waals surface area contributed by atoms with Crippen LogP contribution in [0.2, 0.25) is 0 Å². The van der Waals surface area contributed by atoms with Crippen molar-refractivity contribution in [2.24, 2.45) is 5.41 Å². The molecule has 1 saturated heterocycles. The third kappa shape index (κ3) is 5.49. The van der Waals surface area contributed by atoms with E-state index in [1.807, 2.05) is 42.2 Å². The van der Waals surface area contributed by atoms with Crippen LogP contribution >= 0.6 is 11.3 Å². The fourth-order valence-corrected chi connectivity index (χ4v) is 5.15. The van der Waals surface area contributed by atoms with Crippen LogP contribution in [0.15, 0.2) is 42.5 Å². The number of esters is 1. The first-order valence-corrected chi connectivity index (χ1v) is 11.5. The second kappa shape index (κ2) is 10.7. The molecule has 0 aliphatic carbocycles. The molecule has 162 valence electrons. The summed E-state index contributed by atoms with van der Waals surface area (Å²) in [6, 6.07) is 14.1. The topological polar surface area (TPSA) is 55.8 Å². The number of carbonyl (C=O) groups is 2. The van der Waals surface area contributed by atoms with Gasteiger partial charge in [0.1, 0.15) is 0 Å². The molecule has 1 aliphatic rings. The molecule has 0 unspecified atom stereocenters. The Morgan fingerprint density at radius 3 is 2.70 bits per heavy atom. The number of piperidine rings is 1. The lowest BCUT2D eigenvalue weighted by Gasteiger charge is -2.41. The number of carbonyl (C=O) groups excluding carboxylic acids is 2. The van der Waals surface area contributed by atoms with Gasteiger partial charge >= 0.3 is 5.97 Å². The third-order valence-electron chi connectivity index (χ3n) is 5.70. The van der Waals surface area contributed by atoms with Gasteiger partial charge in [0.2, 0.25) is 0 Å². The third-order valence-corrected chi connectivity index (χ3v) is 6.74. The number of rotatable bonds is 9. The Bertz CT molecular complexity index is 835. The number of methoxy groups -OCH3 is 1. The highest BCUT2D eigenvalue weighted by Crippen LogP contribution is 2.37. The smallest absolute Gasteiger partial charge is 0.313 e. The van der Waals surface area contributed by atoms with Gasteiger partial charge in [-0.05, 0) is 56.7 Å².